The molecule has 1 fully saturated rings. The molecule has 1 N–H and O–H groups in total. The lowest BCUT2D eigenvalue weighted by molar-refractivity contribution is -0.384. The van der Waals surface area contributed by atoms with Gasteiger partial charge in [0.25, 0.3) is 5.69 Å². The topological polar surface area (TPSA) is 111 Å². The van der Waals surface area contributed by atoms with E-state index in [-0.39, 0.29) is 16.3 Å². The number of hydrogen-bond acceptors (Lipinski definition) is 7. The van der Waals surface area contributed by atoms with Crippen molar-refractivity contribution in [3.8, 4) is 11.5 Å². The van der Waals surface area contributed by atoms with E-state index in [9.17, 15) is 18.5 Å². The lowest BCUT2D eigenvalue weighted by atomic mass is 10.2. The van der Waals surface area contributed by atoms with E-state index < -0.39 is 14.9 Å². The number of nitrogens with one attached hydrogen (secondary N) is 1. The zero-order valence-electron chi connectivity index (χ0n) is 15.7. The summed E-state index contributed by atoms with van der Waals surface area (Å²) < 4.78 is 38.0. The van der Waals surface area contributed by atoms with Crippen LogP contribution in [0.5, 0.6) is 11.5 Å². The number of anilines is 2. The summed E-state index contributed by atoms with van der Waals surface area (Å²) in [5.41, 5.74) is 0.467. The highest BCUT2D eigenvalue weighted by Crippen LogP contribution is 2.36. The fourth-order valence-corrected chi connectivity index (χ4v) is 4.94. The predicted octanol–water partition coefficient (Wildman–Crippen LogP) is 3.28. The summed E-state index contributed by atoms with van der Waals surface area (Å²) in [5, 5.41) is 14.6. The summed E-state index contributed by atoms with van der Waals surface area (Å²) in [5.74, 6) is 1.18. The van der Waals surface area contributed by atoms with Gasteiger partial charge in [-0.25, -0.2) is 8.42 Å². The molecule has 0 amide bonds. The van der Waals surface area contributed by atoms with Crippen molar-refractivity contribution in [2.24, 2.45) is 0 Å². The number of hydrogen-bond donors (Lipinski definition) is 1. The van der Waals surface area contributed by atoms with Gasteiger partial charge in [-0.15, -0.1) is 0 Å². The molecule has 2 aromatic carbocycles. The van der Waals surface area contributed by atoms with Crippen molar-refractivity contribution in [3.63, 3.8) is 0 Å². The summed E-state index contributed by atoms with van der Waals surface area (Å²) >= 11 is 0. The fourth-order valence-electron chi connectivity index (χ4n) is 3.40. The van der Waals surface area contributed by atoms with E-state index in [1.807, 2.05) is 0 Å². The zero-order chi connectivity index (χ0) is 20.4. The number of fused-ring (bicyclic) bond motifs is 1. The fraction of sp³-hybridized carbons (Fsp3) is 0.368. The molecule has 10 heteroatoms. The maximum Gasteiger partial charge on any atom is 0.294 e. The number of benzene rings is 2. The van der Waals surface area contributed by atoms with E-state index in [0.29, 0.717) is 43.5 Å². The minimum atomic E-state index is -3.74. The maximum atomic E-state index is 12.7. The van der Waals surface area contributed by atoms with E-state index in [4.69, 9.17) is 9.47 Å². The minimum Gasteiger partial charge on any atom is -0.490 e. The van der Waals surface area contributed by atoms with E-state index >= 15 is 0 Å². The van der Waals surface area contributed by atoms with Crippen molar-refractivity contribution < 1.29 is 22.8 Å². The average Bonchev–Trinajstić information content (AvgIpc) is 3.15. The quantitative estimate of drug-likeness (QED) is 0.585. The van der Waals surface area contributed by atoms with Gasteiger partial charge in [0, 0.05) is 37.3 Å². The first kappa shape index (κ1) is 19.5. The minimum absolute atomic E-state index is 0.0738. The Morgan fingerprint density at radius 1 is 0.966 bits per heavy atom. The van der Waals surface area contributed by atoms with Crippen LogP contribution >= 0.6 is 0 Å². The average molecular weight is 419 g/mol. The first-order chi connectivity index (χ1) is 13.9. The third kappa shape index (κ3) is 3.99. The molecule has 2 heterocycles. The molecule has 0 bridgehead atoms. The predicted molar refractivity (Wildman–Crippen MR) is 106 cm³/mol. The molecule has 2 aliphatic heterocycles. The van der Waals surface area contributed by atoms with Crippen LogP contribution in [0.15, 0.2) is 41.3 Å². The van der Waals surface area contributed by atoms with Gasteiger partial charge >= 0.3 is 0 Å². The molecule has 0 spiro atoms. The Bertz CT molecular complexity index is 1030. The molecule has 0 radical (unpaired) electrons. The first-order valence-corrected chi connectivity index (χ1v) is 10.8. The SMILES string of the molecule is O=[N+]([O-])c1cc(S(=O)(=O)N2CCCC2)ccc1Nc1ccc2c(c1)OCCCO2. The molecule has 2 aliphatic rings. The second kappa shape index (κ2) is 7.88. The van der Waals surface area contributed by atoms with Crippen LogP contribution in [0.25, 0.3) is 0 Å². The van der Waals surface area contributed by atoms with E-state index in [1.165, 1.54) is 16.4 Å². The number of nitro benzene ring substituents is 1. The lowest BCUT2D eigenvalue weighted by Gasteiger charge is -2.16. The van der Waals surface area contributed by atoms with Crippen LogP contribution in [0.3, 0.4) is 0 Å². The molecule has 0 atom stereocenters. The lowest BCUT2D eigenvalue weighted by Crippen LogP contribution is -2.27. The van der Waals surface area contributed by atoms with Crippen LogP contribution in [0, 0.1) is 10.1 Å². The summed E-state index contributed by atoms with van der Waals surface area (Å²) in [6.45, 7) is 1.97. The highest BCUT2D eigenvalue weighted by Gasteiger charge is 2.29. The van der Waals surface area contributed by atoms with Gasteiger partial charge in [0.15, 0.2) is 11.5 Å². The monoisotopic (exact) mass is 419 g/mol. The molecule has 29 heavy (non-hydrogen) atoms. The van der Waals surface area contributed by atoms with E-state index in [0.717, 1.165) is 25.3 Å². The van der Waals surface area contributed by atoms with Crippen molar-refractivity contribution in [2.45, 2.75) is 24.2 Å². The zero-order valence-corrected chi connectivity index (χ0v) is 16.5. The Morgan fingerprint density at radius 2 is 1.69 bits per heavy atom. The molecular formula is C19H21N3O6S. The van der Waals surface area contributed by atoms with Crippen LogP contribution in [0.4, 0.5) is 17.1 Å². The van der Waals surface area contributed by atoms with Gasteiger partial charge in [-0.3, -0.25) is 10.1 Å². The number of ether oxygens (including phenoxy) is 2. The van der Waals surface area contributed by atoms with Crippen molar-refractivity contribution >= 4 is 27.1 Å². The van der Waals surface area contributed by atoms with Crippen molar-refractivity contribution in [1.29, 1.82) is 0 Å². The second-order valence-corrected chi connectivity index (χ2v) is 8.82. The number of nitrogens with zero attached hydrogens (tertiary/aromatic N) is 2. The molecule has 154 valence electrons. The molecule has 0 unspecified atom stereocenters. The molecule has 0 aromatic heterocycles. The molecule has 1 saturated heterocycles. The van der Waals surface area contributed by atoms with Crippen molar-refractivity contribution in [2.75, 3.05) is 31.6 Å². The van der Waals surface area contributed by atoms with Gasteiger partial charge in [-0.2, -0.15) is 4.31 Å². The van der Waals surface area contributed by atoms with Crippen LogP contribution in [0.2, 0.25) is 0 Å². The third-order valence-corrected chi connectivity index (χ3v) is 6.79. The Labute approximate surface area is 168 Å². The third-order valence-electron chi connectivity index (χ3n) is 4.90. The Morgan fingerprint density at radius 3 is 2.41 bits per heavy atom. The summed E-state index contributed by atoms with van der Waals surface area (Å²) in [6, 6.07) is 9.10. The first-order valence-electron chi connectivity index (χ1n) is 9.40. The van der Waals surface area contributed by atoms with Crippen LogP contribution in [0.1, 0.15) is 19.3 Å². The van der Waals surface area contributed by atoms with Crippen molar-refractivity contribution in [1.82, 2.24) is 4.31 Å². The Hall–Kier alpha value is -2.85. The molecule has 4 rings (SSSR count). The second-order valence-electron chi connectivity index (χ2n) is 6.88. The number of nitro groups is 1. The molecular weight excluding hydrogens is 398 g/mol. The van der Waals surface area contributed by atoms with Gasteiger partial charge in [-0.1, -0.05) is 0 Å². The van der Waals surface area contributed by atoms with Gasteiger partial charge in [0.1, 0.15) is 5.69 Å². The van der Waals surface area contributed by atoms with E-state index in [1.54, 1.807) is 18.2 Å². The van der Waals surface area contributed by atoms with Crippen LogP contribution < -0.4 is 14.8 Å². The Kier molecular flexibility index (Phi) is 5.29. The van der Waals surface area contributed by atoms with E-state index in [2.05, 4.69) is 5.32 Å². The molecule has 9 nitrogen and oxygen atoms in total. The normalized spacial score (nSPS) is 17.0. The molecule has 0 aliphatic carbocycles. The van der Waals surface area contributed by atoms with Gasteiger partial charge in [0.2, 0.25) is 10.0 Å². The summed E-state index contributed by atoms with van der Waals surface area (Å²) in [7, 11) is -3.74. The Balaban J connectivity index is 1.64. The molecule has 2 aromatic rings. The summed E-state index contributed by atoms with van der Waals surface area (Å²) in [6.07, 6.45) is 2.37. The number of sulfonamides is 1. The largest absolute Gasteiger partial charge is 0.490 e. The molecule has 0 saturated carbocycles. The highest BCUT2D eigenvalue weighted by atomic mass is 32.2. The van der Waals surface area contributed by atoms with Gasteiger partial charge in [0.05, 0.1) is 23.0 Å². The number of rotatable bonds is 5. The van der Waals surface area contributed by atoms with Gasteiger partial charge < -0.3 is 14.8 Å². The highest BCUT2D eigenvalue weighted by molar-refractivity contribution is 7.89. The smallest absolute Gasteiger partial charge is 0.294 e. The van der Waals surface area contributed by atoms with Gasteiger partial charge in [-0.05, 0) is 37.1 Å². The van der Waals surface area contributed by atoms with Crippen LogP contribution in [-0.4, -0.2) is 43.9 Å². The van der Waals surface area contributed by atoms with Crippen molar-refractivity contribution in [3.05, 3.63) is 46.5 Å². The summed E-state index contributed by atoms with van der Waals surface area (Å²) in [4.78, 5) is 10.9. The standard InChI is InChI=1S/C19H21N3O6S/c23-22(24)17-13-15(29(25,26)21-8-1-2-9-21)5-6-16(17)20-14-4-7-18-19(12-14)28-11-3-10-27-18/h4-7,12-13,20H,1-3,8-11H2. The maximum absolute atomic E-state index is 12.7. The van der Waals surface area contributed by atoms with Crippen LogP contribution in [-0.2, 0) is 10.0 Å².